The van der Waals surface area contributed by atoms with E-state index in [2.05, 4.69) is 17.9 Å². The van der Waals surface area contributed by atoms with Gasteiger partial charge in [-0.1, -0.05) is 59.4 Å². The maximum absolute atomic E-state index is 12.7. The first-order valence-electron chi connectivity index (χ1n) is 10.0. The Balaban J connectivity index is 1.84. The first kappa shape index (κ1) is 21.1. The van der Waals surface area contributed by atoms with Crippen molar-refractivity contribution < 1.29 is 19.1 Å². The molecular weight excluding hydrogens is 407 g/mol. The van der Waals surface area contributed by atoms with Crippen molar-refractivity contribution in [2.45, 2.75) is 25.2 Å². The van der Waals surface area contributed by atoms with Crippen LogP contribution in [-0.4, -0.2) is 37.5 Å². The van der Waals surface area contributed by atoms with E-state index in [-0.39, 0.29) is 11.3 Å². The summed E-state index contributed by atoms with van der Waals surface area (Å²) in [6, 6.07) is 17.9. The molecule has 31 heavy (non-hydrogen) atoms. The molecule has 0 aromatic heterocycles. The summed E-state index contributed by atoms with van der Waals surface area (Å²) in [5.74, 6) is 5.64. The van der Waals surface area contributed by atoms with Gasteiger partial charge in [0.15, 0.2) is 0 Å². The predicted octanol–water partition coefficient (Wildman–Crippen LogP) is 3.94. The van der Waals surface area contributed by atoms with Crippen LogP contribution < -0.4 is 5.30 Å². The van der Waals surface area contributed by atoms with Crippen molar-refractivity contribution in [2.75, 3.05) is 14.2 Å². The van der Waals surface area contributed by atoms with E-state index in [1.165, 1.54) is 14.2 Å². The second-order valence-electron chi connectivity index (χ2n) is 7.52. The van der Waals surface area contributed by atoms with E-state index in [1.807, 2.05) is 62.4 Å². The van der Waals surface area contributed by atoms with Crippen molar-refractivity contribution in [1.82, 2.24) is 0 Å². The van der Waals surface area contributed by atoms with Crippen LogP contribution in [0.3, 0.4) is 0 Å². The predicted molar refractivity (Wildman–Crippen MR) is 122 cm³/mol. The lowest BCUT2D eigenvalue weighted by atomic mass is 9.87. The van der Waals surface area contributed by atoms with Crippen molar-refractivity contribution in [3.8, 4) is 11.8 Å². The fraction of sp³-hybridized carbons (Fsp3) is 0.231. The van der Waals surface area contributed by atoms with Crippen molar-refractivity contribution in [1.29, 1.82) is 0 Å². The van der Waals surface area contributed by atoms with Gasteiger partial charge in [0.2, 0.25) is 0 Å². The van der Waals surface area contributed by atoms with Gasteiger partial charge in [0.25, 0.3) is 0 Å². The lowest BCUT2D eigenvalue weighted by Crippen LogP contribution is -2.24. The molecule has 5 heteroatoms. The zero-order chi connectivity index (χ0) is 22.1. The number of carbonyl (C=O) groups excluding carboxylic acids is 2. The number of carbonyl (C=O) groups is 2. The van der Waals surface area contributed by atoms with Gasteiger partial charge in [0.1, 0.15) is 0 Å². The van der Waals surface area contributed by atoms with Crippen LogP contribution in [-0.2, 0) is 19.1 Å². The first-order valence-corrected chi connectivity index (χ1v) is 11.5. The van der Waals surface area contributed by atoms with Gasteiger partial charge in [0.05, 0.1) is 25.4 Å². The zero-order valence-electron chi connectivity index (χ0n) is 17.9. The molecule has 0 aliphatic carbocycles. The van der Waals surface area contributed by atoms with E-state index >= 15 is 0 Å². The molecule has 0 radical (unpaired) electrons. The number of hydrogen-bond acceptors (Lipinski definition) is 4. The summed E-state index contributed by atoms with van der Waals surface area (Å²) in [5.41, 5.74) is 4.69. The van der Waals surface area contributed by atoms with Crippen LogP contribution in [0.25, 0.3) is 0 Å². The Labute approximate surface area is 183 Å². The third kappa shape index (κ3) is 3.50. The van der Waals surface area contributed by atoms with E-state index in [9.17, 15) is 9.59 Å². The highest BCUT2D eigenvalue weighted by molar-refractivity contribution is 7.69. The summed E-state index contributed by atoms with van der Waals surface area (Å²) in [6.45, 7) is 4.09. The Morgan fingerprint density at radius 3 is 1.84 bits per heavy atom. The number of hydrogen-bond donors (Lipinski definition) is 0. The Morgan fingerprint density at radius 1 is 0.774 bits per heavy atom. The highest BCUT2D eigenvalue weighted by atomic mass is 31.1. The number of esters is 2. The second kappa shape index (κ2) is 8.53. The quantitative estimate of drug-likeness (QED) is 0.320. The number of ether oxygens (including phenoxy) is 2. The third-order valence-electron chi connectivity index (χ3n) is 5.94. The Kier molecular flexibility index (Phi) is 5.81. The highest BCUT2D eigenvalue weighted by Crippen LogP contribution is 2.67. The summed E-state index contributed by atoms with van der Waals surface area (Å²) < 4.78 is 10.1. The van der Waals surface area contributed by atoms with Gasteiger partial charge in [-0.05, 0) is 45.3 Å². The minimum atomic E-state index is -0.939. The molecule has 2 bridgehead atoms. The SMILES string of the molecule is COC(=O)C1=C(C(=O)OC)C2C(C)=C(C)C1P2c1ccccc1C#Cc1ccccc1. The molecule has 0 saturated carbocycles. The van der Waals surface area contributed by atoms with Gasteiger partial charge in [-0.25, -0.2) is 9.59 Å². The van der Waals surface area contributed by atoms with Gasteiger partial charge < -0.3 is 9.47 Å². The molecule has 0 N–H and O–H groups in total. The summed E-state index contributed by atoms with van der Waals surface area (Å²) in [5, 5.41) is 1.09. The molecule has 4 nitrogen and oxygen atoms in total. The number of allylic oxidation sites excluding steroid dienone is 2. The summed E-state index contributed by atoms with van der Waals surface area (Å²) in [4.78, 5) is 25.5. The molecular formula is C26H23O4P. The van der Waals surface area contributed by atoms with Gasteiger partial charge in [-0.2, -0.15) is 0 Å². The molecule has 4 rings (SSSR count). The van der Waals surface area contributed by atoms with Crippen molar-refractivity contribution >= 4 is 25.2 Å². The number of methoxy groups -OCH3 is 2. The van der Waals surface area contributed by atoms with E-state index in [0.717, 1.165) is 27.6 Å². The van der Waals surface area contributed by atoms with Gasteiger partial charge in [-0.3, -0.25) is 0 Å². The van der Waals surface area contributed by atoms with Crippen LogP contribution in [0.2, 0.25) is 0 Å². The standard InChI is InChI=1S/C26H23O4P/c1-16-17(2)24-22(26(28)30-4)21(25(27)29-3)23(16)31(24)20-13-9-8-12-19(20)15-14-18-10-6-5-7-11-18/h5-13,23-24H,1-4H3. The maximum atomic E-state index is 12.7. The fourth-order valence-electron chi connectivity index (χ4n) is 4.41. The van der Waals surface area contributed by atoms with E-state index in [4.69, 9.17) is 9.47 Å². The third-order valence-corrected chi connectivity index (χ3v) is 9.29. The molecule has 2 atom stereocenters. The Bertz CT molecular complexity index is 1140. The topological polar surface area (TPSA) is 52.6 Å². The molecule has 2 aliphatic rings. The van der Waals surface area contributed by atoms with Gasteiger partial charge in [0, 0.05) is 22.4 Å². The molecule has 0 amide bonds. The average Bonchev–Trinajstić information content (AvgIpc) is 3.28. The molecule has 2 heterocycles. The van der Waals surface area contributed by atoms with Crippen molar-refractivity contribution in [3.63, 3.8) is 0 Å². The van der Waals surface area contributed by atoms with Crippen LogP contribution in [0.4, 0.5) is 0 Å². The number of benzene rings is 2. The molecule has 0 saturated heterocycles. The lowest BCUT2D eigenvalue weighted by molar-refractivity contribution is -0.139. The number of fused-ring (bicyclic) bond motifs is 2. The summed E-state index contributed by atoms with van der Waals surface area (Å²) in [6.07, 6.45) is 0. The first-order chi connectivity index (χ1) is 15.0. The van der Waals surface area contributed by atoms with Crippen molar-refractivity contribution in [3.05, 3.63) is 88.0 Å². The van der Waals surface area contributed by atoms with Crippen LogP contribution >= 0.6 is 7.92 Å². The van der Waals surface area contributed by atoms with E-state index in [1.54, 1.807) is 0 Å². The van der Waals surface area contributed by atoms with Crippen molar-refractivity contribution in [2.24, 2.45) is 0 Å². The van der Waals surface area contributed by atoms with Crippen LogP contribution in [0.1, 0.15) is 25.0 Å². The van der Waals surface area contributed by atoms with Gasteiger partial charge >= 0.3 is 11.9 Å². The largest absolute Gasteiger partial charge is 0.466 e. The Morgan fingerprint density at radius 2 is 1.29 bits per heavy atom. The molecule has 0 spiro atoms. The average molecular weight is 430 g/mol. The van der Waals surface area contributed by atoms with Gasteiger partial charge in [-0.15, -0.1) is 0 Å². The number of rotatable bonds is 3. The maximum Gasteiger partial charge on any atom is 0.335 e. The van der Waals surface area contributed by atoms with Crippen LogP contribution in [0, 0.1) is 11.8 Å². The lowest BCUT2D eigenvalue weighted by Gasteiger charge is -2.22. The summed E-state index contributed by atoms with van der Waals surface area (Å²) in [7, 11) is 1.76. The van der Waals surface area contributed by atoms with Crippen LogP contribution in [0.5, 0.6) is 0 Å². The molecule has 2 aromatic carbocycles. The fourth-order valence-corrected chi connectivity index (χ4v) is 8.22. The Hall–Kier alpha value is -3.15. The molecule has 2 aromatic rings. The smallest absolute Gasteiger partial charge is 0.335 e. The molecule has 0 fully saturated rings. The van der Waals surface area contributed by atoms with E-state index in [0.29, 0.717) is 11.1 Å². The minimum Gasteiger partial charge on any atom is -0.466 e. The molecule has 2 aliphatic heterocycles. The van der Waals surface area contributed by atoms with Crippen LogP contribution in [0.15, 0.2) is 76.9 Å². The summed E-state index contributed by atoms with van der Waals surface area (Å²) >= 11 is 0. The van der Waals surface area contributed by atoms with E-state index < -0.39 is 19.9 Å². The molecule has 2 unspecified atom stereocenters. The molecule has 156 valence electrons. The second-order valence-corrected chi connectivity index (χ2v) is 9.85. The highest BCUT2D eigenvalue weighted by Gasteiger charge is 2.55. The zero-order valence-corrected chi connectivity index (χ0v) is 18.8. The monoisotopic (exact) mass is 430 g/mol. The minimum absolute atomic E-state index is 0.166. The normalized spacial score (nSPS) is 21.6.